The molecule has 3 aromatic rings. The maximum atomic E-state index is 13.9. The molecule has 0 bridgehead atoms. The van der Waals surface area contributed by atoms with Crippen molar-refractivity contribution in [1.29, 1.82) is 0 Å². The van der Waals surface area contributed by atoms with Crippen molar-refractivity contribution in [3.63, 3.8) is 0 Å². The Kier molecular flexibility index (Phi) is 4.20. The number of carbonyl (C=O) groups is 2. The van der Waals surface area contributed by atoms with Gasteiger partial charge in [0, 0.05) is 18.3 Å². The van der Waals surface area contributed by atoms with Gasteiger partial charge in [0.15, 0.2) is 11.6 Å². The molecular formula is C24H16F2N2O2. The van der Waals surface area contributed by atoms with E-state index in [9.17, 15) is 18.4 Å². The van der Waals surface area contributed by atoms with Crippen LogP contribution >= 0.6 is 0 Å². The lowest BCUT2D eigenvalue weighted by molar-refractivity contribution is -0.120. The molecule has 0 atom stereocenters. The summed E-state index contributed by atoms with van der Waals surface area (Å²) < 4.78 is 27.3. The first-order valence-electron chi connectivity index (χ1n) is 9.55. The van der Waals surface area contributed by atoms with Gasteiger partial charge in [0.25, 0.3) is 11.8 Å². The summed E-state index contributed by atoms with van der Waals surface area (Å²) in [5.41, 5.74) is 3.06. The highest BCUT2D eigenvalue weighted by molar-refractivity contribution is 6.46. The van der Waals surface area contributed by atoms with Crippen molar-refractivity contribution < 1.29 is 18.4 Å². The standard InChI is InChI=1S/C24H16F2N2O2/c25-18-11-10-17(14-19(18)26)28-23(29)21(16-7-2-1-3-8-16)22(24(28)30)27-13-12-15-6-4-5-9-20(15)27/h1-11,14H,12-13H2. The monoisotopic (exact) mass is 402 g/mol. The fourth-order valence-corrected chi connectivity index (χ4v) is 4.06. The van der Waals surface area contributed by atoms with Crippen LogP contribution in [-0.2, 0) is 16.0 Å². The predicted octanol–water partition coefficient (Wildman–Crippen LogP) is 4.31. The Bertz CT molecular complexity index is 1220. The van der Waals surface area contributed by atoms with E-state index in [-0.39, 0.29) is 17.0 Å². The first-order chi connectivity index (χ1) is 14.6. The van der Waals surface area contributed by atoms with Gasteiger partial charge in [0.1, 0.15) is 5.70 Å². The summed E-state index contributed by atoms with van der Waals surface area (Å²) in [6.07, 6.45) is 0.744. The third-order valence-electron chi connectivity index (χ3n) is 5.44. The summed E-state index contributed by atoms with van der Waals surface area (Å²) >= 11 is 0. The van der Waals surface area contributed by atoms with Crippen LogP contribution in [0.25, 0.3) is 5.57 Å². The van der Waals surface area contributed by atoms with E-state index in [0.29, 0.717) is 12.1 Å². The van der Waals surface area contributed by atoms with Gasteiger partial charge in [-0.1, -0.05) is 48.5 Å². The minimum Gasteiger partial charge on any atom is -0.336 e. The van der Waals surface area contributed by atoms with Crippen LogP contribution in [0.4, 0.5) is 20.2 Å². The van der Waals surface area contributed by atoms with E-state index in [4.69, 9.17) is 0 Å². The molecule has 0 aromatic heterocycles. The van der Waals surface area contributed by atoms with Crippen molar-refractivity contribution in [2.24, 2.45) is 0 Å². The Morgan fingerprint density at radius 3 is 2.27 bits per heavy atom. The van der Waals surface area contributed by atoms with Gasteiger partial charge in [-0.05, 0) is 35.7 Å². The van der Waals surface area contributed by atoms with Crippen LogP contribution in [0.15, 0.2) is 78.5 Å². The Hall–Kier alpha value is -3.80. The minimum absolute atomic E-state index is 0.000173. The number of halogens is 2. The molecule has 0 saturated carbocycles. The lowest BCUT2D eigenvalue weighted by Gasteiger charge is -2.21. The van der Waals surface area contributed by atoms with E-state index in [1.54, 1.807) is 24.3 Å². The second kappa shape index (κ2) is 6.91. The molecule has 0 fully saturated rings. The maximum Gasteiger partial charge on any atom is 0.282 e. The quantitative estimate of drug-likeness (QED) is 0.613. The highest BCUT2D eigenvalue weighted by Gasteiger charge is 2.44. The Labute approximate surface area is 171 Å². The smallest absolute Gasteiger partial charge is 0.282 e. The molecule has 30 heavy (non-hydrogen) atoms. The van der Waals surface area contributed by atoms with Crippen LogP contribution < -0.4 is 9.80 Å². The number of rotatable bonds is 3. The van der Waals surface area contributed by atoms with Crippen LogP contribution in [-0.4, -0.2) is 18.4 Å². The molecule has 0 radical (unpaired) electrons. The molecule has 2 amide bonds. The van der Waals surface area contributed by atoms with E-state index in [2.05, 4.69) is 0 Å². The number of amides is 2. The van der Waals surface area contributed by atoms with Crippen LogP contribution in [0.1, 0.15) is 11.1 Å². The molecule has 2 aliphatic heterocycles. The van der Waals surface area contributed by atoms with Crippen molar-refractivity contribution in [2.75, 3.05) is 16.3 Å². The van der Waals surface area contributed by atoms with Crippen LogP contribution in [0.5, 0.6) is 0 Å². The number of carbonyl (C=O) groups excluding carboxylic acids is 2. The summed E-state index contributed by atoms with van der Waals surface area (Å²) in [7, 11) is 0. The number of anilines is 2. The number of fused-ring (bicyclic) bond motifs is 1. The van der Waals surface area contributed by atoms with E-state index in [1.807, 2.05) is 35.2 Å². The first kappa shape index (κ1) is 18.2. The van der Waals surface area contributed by atoms with Crippen molar-refractivity contribution in [3.05, 3.63) is 101 Å². The number of para-hydroxylation sites is 1. The fraction of sp³-hybridized carbons (Fsp3) is 0.0833. The molecule has 0 saturated heterocycles. The maximum absolute atomic E-state index is 13.9. The molecule has 2 aliphatic rings. The zero-order valence-corrected chi connectivity index (χ0v) is 15.8. The molecule has 6 heteroatoms. The number of benzene rings is 3. The number of hydrogen-bond donors (Lipinski definition) is 0. The summed E-state index contributed by atoms with van der Waals surface area (Å²) in [5, 5.41) is 0. The third kappa shape index (κ3) is 2.72. The van der Waals surface area contributed by atoms with Crippen LogP contribution in [0.3, 0.4) is 0 Å². The lowest BCUT2D eigenvalue weighted by Crippen LogP contribution is -2.35. The summed E-state index contributed by atoms with van der Waals surface area (Å²) in [6.45, 7) is 0.551. The SMILES string of the molecule is O=C1C(c2ccccc2)=C(N2CCc3ccccc32)C(=O)N1c1ccc(F)c(F)c1. The topological polar surface area (TPSA) is 40.6 Å². The number of hydrogen-bond acceptors (Lipinski definition) is 3. The Balaban J connectivity index is 1.68. The minimum atomic E-state index is -1.12. The molecular weight excluding hydrogens is 386 g/mol. The van der Waals surface area contributed by atoms with Crippen LogP contribution in [0.2, 0.25) is 0 Å². The highest BCUT2D eigenvalue weighted by atomic mass is 19.2. The highest BCUT2D eigenvalue weighted by Crippen LogP contribution is 2.40. The average molecular weight is 402 g/mol. The lowest BCUT2D eigenvalue weighted by atomic mass is 10.0. The van der Waals surface area contributed by atoms with Gasteiger partial charge in [0.05, 0.1) is 11.3 Å². The molecule has 0 unspecified atom stereocenters. The summed E-state index contributed by atoms with van der Waals surface area (Å²) in [5.74, 6) is -3.27. The molecule has 0 aliphatic carbocycles. The number of nitrogens with zero attached hydrogens (tertiary/aromatic N) is 2. The van der Waals surface area contributed by atoms with Gasteiger partial charge in [-0.25, -0.2) is 13.7 Å². The first-order valence-corrected chi connectivity index (χ1v) is 9.55. The third-order valence-corrected chi connectivity index (χ3v) is 5.44. The van der Waals surface area contributed by atoms with Crippen molar-refractivity contribution in [3.8, 4) is 0 Å². The van der Waals surface area contributed by atoms with E-state index in [0.717, 1.165) is 34.7 Å². The molecule has 5 rings (SSSR count). The zero-order chi connectivity index (χ0) is 20.8. The largest absolute Gasteiger partial charge is 0.336 e. The molecule has 148 valence electrons. The molecule has 3 aromatic carbocycles. The summed E-state index contributed by atoms with van der Waals surface area (Å²) in [4.78, 5) is 29.6. The average Bonchev–Trinajstić information content (AvgIpc) is 3.29. The molecule has 0 N–H and O–H groups in total. The van der Waals surface area contributed by atoms with Crippen molar-refractivity contribution in [1.82, 2.24) is 0 Å². The van der Waals surface area contributed by atoms with Gasteiger partial charge < -0.3 is 4.90 Å². The summed E-state index contributed by atoms with van der Waals surface area (Å²) in [6, 6.07) is 19.7. The van der Waals surface area contributed by atoms with Gasteiger partial charge in [-0.15, -0.1) is 0 Å². The Morgan fingerprint density at radius 2 is 1.50 bits per heavy atom. The van der Waals surface area contributed by atoms with Gasteiger partial charge >= 0.3 is 0 Å². The number of imide groups is 1. The van der Waals surface area contributed by atoms with E-state index in [1.165, 1.54) is 6.07 Å². The molecule has 0 spiro atoms. The van der Waals surface area contributed by atoms with E-state index < -0.39 is 23.4 Å². The fourth-order valence-electron chi connectivity index (χ4n) is 4.06. The Morgan fingerprint density at radius 1 is 0.767 bits per heavy atom. The normalized spacial score (nSPS) is 15.9. The zero-order valence-electron chi connectivity index (χ0n) is 15.8. The van der Waals surface area contributed by atoms with Crippen molar-refractivity contribution in [2.45, 2.75) is 6.42 Å². The van der Waals surface area contributed by atoms with E-state index >= 15 is 0 Å². The second-order valence-electron chi connectivity index (χ2n) is 7.16. The molecule has 2 heterocycles. The second-order valence-corrected chi connectivity index (χ2v) is 7.16. The molecule has 4 nitrogen and oxygen atoms in total. The van der Waals surface area contributed by atoms with Gasteiger partial charge in [-0.3, -0.25) is 9.59 Å². The van der Waals surface area contributed by atoms with Gasteiger partial charge in [-0.2, -0.15) is 0 Å². The van der Waals surface area contributed by atoms with Crippen molar-refractivity contribution >= 4 is 28.8 Å². The van der Waals surface area contributed by atoms with Gasteiger partial charge in [0.2, 0.25) is 0 Å². The predicted molar refractivity (Wildman–Crippen MR) is 110 cm³/mol. The van der Waals surface area contributed by atoms with Crippen LogP contribution in [0, 0.1) is 11.6 Å².